The number of aromatic amines is 1. The monoisotopic (exact) mass is 456 g/mol. The fraction of sp³-hybridized carbons (Fsp3) is 0.0870. The minimum atomic E-state index is -3.89. The summed E-state index contributed by atoms with van der Waals surface area (Å²) in [5.74, 6) is -0.983. The van der Waals surface area contributed by atoms with Crippen molar-refractivity contribution in [3.8, 4) is 0 Å². The van der Waals surface area contributed by atoms with Gasteiger partial charge >= 0.3 is 0 Å². The molecule has 1 heterocycles. The Hall–Kier alpha value is -3.16. The summed E-state index contributed by atoms with van der Waals surface area (Å²) in [6.07, 6.45) is 0. The Kier molecular flexibility index (Phi) is 5.80. The molecule has 0 aliphatic heterocycles. The van der Waals surface area contributed by atoms with Crippen LogP contribution in [0.25, 0.3) is 10.9 Å². The number of fused-ring (bicyclic) bond motifs is 1. The van der Waals surface area contributed by atoms with E-state index in [9.17, 15) is 17.6 Å². The lowest BCUT2D eigenvalue weighted by molar-refractivity contribution is 0.0949. The molecule has 2 N–H and O–H groups in total. The van der Waals surface area contributed by atoms with E-state index in [0.29, 0.717) is 16.1 Å². The third kappa shape index (κ3) is 4.33. The number of hydrogen-bond acceptors (Lipinski definition) is 3. The highest BCUT2D eigenvalue weighted by Crippen LogP contribution is 2.29. The Labute approximate surface area is 183 Å². The van der Waals surface area contributed by atoms with Crippen LogP contribution in [0.4, 0.5) is 4.39 Å². The van der Waals surface area contributed by atoms with Gasteiger partial charge in [0.1, 0.15) is 16.8 Å². The smallest absolute Gasteiger partial charge is 0.267 e. The summed E-state index contributed by atoms with van der Waals surface area (Å²) < 4.78 is 39.9. The zero-order valence-corrected chi connectivity index (χ0v) is 17.8. The van der Waals surface area contributed by atoms with E-state index in [2.05, 4.69) is 10.3 Å². The highest BCUT2D eigenvalue weighted by atomic mass is 35.5. The largest absolute Gasteiger partial charge is 0.349 e. The molecule has 0 aliphatic rings. The number of nitrogens with one attached hydrogen (secondary N) is 2. The van der Waals surface area contributed by atoms with Crippen LogP contribution >= 0.6 is 11.6 Å². The fourth-order valence-electron chi connectivity index (χ4n) is 3.39. The second-order valence-corrected chi connectivity index (χ2v) is 9.53. The van der Waals surface area contributed by atoms with Crippen LogP contribution in [0.3, 0.4) is 0 Å². The molecule has 158 valence electrons. The molecular weight excluding hydrogens is 439 g/mol. The van der Waals surface area contributed by atoms with Crippen molar-refractivity contribution in [1.29, 1.82) is 0 Å². The molecule has 0 saturated carbocycles. The number of hydrogen-bond donors (Lipinski definition) is 2. The minimum Gasteiger partial charge on any atom is -0.349 e. The number of H-pyrrole nitrogens is 1. The first-order valence-corrected chi connectivity index (χ1v) is 11.4. The Balaban J connectivity index is 1.62. The van der Waals surface area contributed by atoms with Crippen molar-refractivity contribution < 1.29 is 17.6 Å². The van der Waals surface area contributed by atoms with Gasteiger partial charge in [0.25, 0.3) is 5.91 Å². The topological polar surface area (TPSA) is 79.0 Å². The van der Waals surface area contributed by atoms with Crippen LogP contribution in [-0.2, 0) is 9.84 Å². The molecule has 1 aromatic heterocycles. The lowest BCUT2D eigenvalue weighted by Gasteiger charge is -2.19. The third-order valence-electron chi connectivity index (χ3n) is 4.99. The zero-order chi connectivity index (χ0) is 22.0. The van der Waals surface area contributed by atoms with Crippen LogP contribution in [0.1, 0.15) is 21.3 Å². The standard InChI is InChI=1S/C23H18ClFN2O3S/c24-19-8-4-7-16-13-20(27-22(16)19)23(28)26-14-21(15-5-2-1-3-6-15)31(29,30)18-11-9-17(25)10-12-18/h1-13,21,27H,14H2,(H,26,28). The second-order valence-electron chi connectivity index (χ2n) is 7.00. The van der Waals surface area contributed by atoms with Gasteiger partial charge in [-0.15, -0.1) is 0 Å². The van der Waals surface area contributed by atoms with Gasteiger partial charge in [0, 0.05) is 11.9 Å². The van der Waals surface area contributed by atoms with Crippen molar-refractivity contribution in [2.24, 2.45) is 0 Å². The predicted molar refractivity (Wildman–Crippen MR) is 118 cm³/mol. The lowest BCUT2D eigenvalue weighted by Crippen LogP contribution is -2.32. The van der Waals surface area contributed by atoms with Crippen molar-refractivity contribution in [3.05, 3.63) is 101 Å². The molecule has 1 unspecified atom stereocenters. The number of halogens is 2. The molecule has 4 rings (SSSR count). The molecule has 0 spiro atoms. The fourth-order valence-corrected chi connectivity index (χ4v) is 5.28. The lowest BCUT2D eigenvalue weighted by atomic mass is 10.1. The normalized spacial score (nSPS) is 12.6. The van der Waals surface area contributed by atoms with Crippen molar-refractivity contribution in [1.82, 2.24) is 10.3 Å². The van der Waals surface area contributed by atoms with E-state index in [0.717, 1.165) is 17.5 Å². The van der Waals surface area contributed by atoms with Crippen LogP contribution in [-0.4, -0.2) is 25.9 Å². The van der Waals surface area contributed by atoms with Crippen LogP contribution in [0.2, 0.25) is 5.02 Å². The number of sulfone groups is 1. The first kappa shape index (κ1) is 21.1. The summed E-state index contributed by atoms with van der Waals surface area (Å²) in [4.78, 5) is 15.7. The van der Waals surface area contributed by atoms with Crippen molar-refractivity contribution >= 4 is 38.2 Å². The Bertz CT molecular complexity index is 1340. The summed E-state index contributed by atoms with van der Waals surface area (Å²) in [5, 5.41) is 2.91. The van der Waals surface area contributed by atoms with Gasteiger partial charge in [-0.3, -0.25) is 4.79 Å². The van der Waals surface area contributed by atoms with E-state index in [-0.39, 0.29) is 17.1 Å². The SMILES string of the molecule is O=C(NCC(c1ccccc1)S(=O)(=O)c1ccc(F)cc1)c1cc2cccc(Cl)c2[nH]1. The molecular formula is C23H18ClFN2O3S. The van der Waals surface area contributed by atoms with E-state index in [4.69, 9.17) is 11.6 Å². The number of para-hydroxylation sites is 1. The van der Waals surface area contributed by atoms with E-state index in [1.807, 2.05) is 6.07 Å². The van der Waals surface area contributed by atoms with Gasteiger partial charge in [0.05, 0.1) is 15.4 Å². The highest BCUT2D eigenvalue weighted by Gasteiger charge is 2.30. The Morgan fingerprint density at radius 2 is 1.71 bits per heavy atom. The summed E-state index contributed by atoms with van der Waals surface area (Å²) in [6, 6.07) is 20.2. The Morgan fingerprint density at radius 1 is 1.00 bits per heavy atom. The maximum atomic E-state index is 13.3. The average Bonchev–Trinajstić information content (AvgIpc) is 3.21. The van der Waals surface area contributed by atoms with Crippen molar-refractivity contribution in [3.63, 3.8) is 0 Å². The molecule has 0 aliphatic carbocycles. The number of amides is 1. The van der Waals surface area contributed by atoms with E-state index < -0.39 is 26.8 Å². The molecule has 0 fully saturated rings. The number of carbonyl (C=O) groups is 1. The molecule has 5 nitrogen and oxygen atoms in total. The molecule has 8 heteroatoms. The molecule has 0 radical (unpaired) electrons. The van der Waals surface area contributed by atoms with Gasteiger partial charge in [-0.1, -0.05) is 54.1 Å². The van der Waals surface area contributed by atoms with E-state index in [1.54, 1.807) is 48.5 Å². The number of carbonyl (C=O) groups excluding carboxylic acids is 1. The molecule has 0 bridgehead atoms. The zero-order valence-electron chi connectivity index (χ0n) is 16.2. The molecule has 0 saturated heterocycles. The van der Waals surface area contributed by atoms with Gasteiger partial charge in [-0.25, -0.2) is 12.8 Å². The molecule has 4 aromatic rings. The van der Waals surface area contributed by atoms with Gasteiger partial charge in [-0.05, 0) is 42.0 Å². The average molecular weight is 457 g/mol. The highest BCUT2D eigenvalue weighted by molar-refractivity contribution is 7.91. The minimum absolute atomic E-state index is 0.0191. The molecule has 31 heavy (non-hydrogen) atoms. The van der Waals surface area contributed by atoms with Crippen LogP contribution in [0.15, 0.2) is 83.8 Å². The third-order valence-corrected chi connectivity index (χ3v) is 7.42. The van der Waals surface area contributed by atoms with Gasteiger partial charge in [-0.2, -0.15) is 0 Å². The van der Waals surface area contributed by atoms with Crippen LogP contribution < -0.4 is 5.32 Å². The first-order valence-electron chi connectivity index (χ1n) is 9.46. The maximum absolute atomic E-state index is 13.3. The van der Waals surface area contributed by atoms with Crippen LogP contribution in [0, 0.1) is 5.82 Å². The van der Waals surface area contributed by atoms with Crippen molar-refractivity contribution in [2.45, 2.75) is 10.1 Å². The summed E-state index contributed by atoms with van der Waals surface area (Å²) in [5.41, 5.74) is 1.42. The van der Waals surface area contributed by atoms with Crippen LogP contribution in [0.5, 0.6) is 0 Å². The first-order chi connectivity index (χ1) is 14.9. The van der Waals surface area contributed by atoms with Crippen molar-refractivity contribution in [2.75, 3.05) is 6.54 Å². The second kappa shape index (κ2) is 8.53. The van der Waals surface area contributed by atoms with Gasteiger partial charge in [0.2, 0.25) is 0 Å². The molecule has 1 amide bonds. The summed E-state index contributed by atoms with van der Waals surface area (Å²) in [7, 11) is -3.89. The molecule has 1 atom stereocenters. The summed E-state index contributed by atoms with van der Waals surface area (Å²) in [6.45, 7) is -0.161. The number of benzene rings is 3. The number of rotatable bonds is 6. The molecule has 3 aromatic carbocycles. The maximum Gasteiger partial charge on any atom is 0.267 e. The summed E-state index contributed by atoms with van der Waals surface area (Å²) >= 11 is 6.15. The van der Waals surface area contributed by atoms with E-state index >= 15 is 0 Å². The Morgan fingerprint density at radius 3 is 2.39 bits per heavy atom. The number of aromatic nitrogens is 1. The van der Waals surface area contributed by atoms with Gasteiger partial charge in [0.15, 0.2) is 9.84 Å². The quantitative estimate of drug-likeness (QED) is 0.405. The van der Waals surface area contributed by atoms with E-state index in [1.165, 1.54) is 12.1 Å². The predicted octanol–water partition coefficient (Wildman–Crippen LogP) is 4.91. The van der Waals surface area contributed by atoms with Gasteiger partial charge < -0.3 is 10.3 Å².